The van der Waals surface area contributed by atoms with E-state index in [1.165, 1.54) is 23.0 Å². The van der Waals surface area contributed by atoms with Crippen LogP contribution in [0, 0.1) is 0 Å². The number of benzene rings is 2. The van der Waals surface area contributed by atoms with E-state index in [0.717, 1.165) is 10.9 Å². The van der Waals surface area contributed by atoms with Crippen LogP contribution in [0.4, 0.5) is 0 Å². The Balaban J connectivity index is 1.76. The highest BCUT2D eigenvalue weighted by Gasteiger charge is 2.14. The second-order valence-corrected chi connectivity index (χ2v) is 6.85. The summed E-state index contributed by atoms with van der Waals surface area (Å²) in [7, 11) is 1.60. The predicted octanol–water partition coefficient (Wildman–Crippen LogP) is 2.27. The first-order valence-corrected chi connectivity index (χ1v) is 8.90. The molecule has 0 saturated heterocycles. The van der Waals surface area contributed by atoms with Gasteiger partial charge in [-0.25, -0.2) is 9.78 Å². The highest BCUT2D eigenvalue weighted by Crippen LogP contribution is 2.38. The molecule has 0 atom stereocenters. The zero-order valence-corrected chi connectivity index (χ0v) is 16.2. The number of fused-ring (bicyclic) bond motifs is 1. The van der Waals surface area contributed by atoms with Gasteiger partial charge in [-0.15, -0.1) is 0 Å². The van der Waals surface area contributed by atoms with Crippen molar-refractivity contribution in [1.29, 1.82) is 0 Å². The normalized spacial score (nSPS) is 11.0. The summed E-state index contributed by atoms with van der Waals surface area (Å²) in [5.41, 5.74) is -0.824. The minimum Gasteiger partial charge on any atom is -0.454 e. The maximum Gasteiger partial charge on any atom is 0.349 e. The number of hydrogen-bond acceptors (Lipinski definition) is 6. The van der Waals surface area contributed by atoms with Crippen LogP contribution in [0.15, 0.2) is 57.2 Å². The van der Waals surface area contributed by atoms with Gasteiger partial charge in [-0.3, -0.25) is 14.6 Å². The van der Waals surface area contributed by atoms with Crippen molar-refractivity contribution >= 4 is 34.1 Å². The SMILES string of the molecule is Cn1cnc2ccc(Oc3c(Cl)cc(-n4ncc(=O)[nH]c4=O)cc3Cl)cc2c1=O. The van der Waals surface area contributed by atoms with Crippen LogP contribution in [-0.4, -0.2) is 24.3 Å². The fourth-order valence-electron chi connectivity index (χ4n) is 2.68. The van der Waals surface area contributed by atoms with Gasteiger partial charge in [0.25, 0.3) is 11.1 Å². The number of H-pyrrole nitrogens is 1. The van der Waals surface area contributed by atoms with Crippen LogP contribution in [0.25, 0.3) is 16.6 Å². The predicted molar refractivity (Wildman–Crippen MR) is 108 cm³/mol. The molecule has 0 fully saturated rings. The maximum absolute atomic E-state index is 12.3. The summed E-state index contributed by atoms with van der Waals surface area (Å²) >= 11 is 12.6. The first kappa shape index (κ1) is 18.9. The van der Waals surface area contributed by atoms with Gasteiger partial charge < -0.3 is 9.30 Å². The van der Waals surface area contributed by atoms with E-state index in [-0.39, 0.29) is 27.0 Å². The monoisotopic (exact) mass is 431 g/mol. The number of aromatic nitrogens is 5. The Kier molecular flexibility index (Phi) is 4.69. The number of halogens is 2. The molecule has 1 N–H and O–H groups in total. The molecule has 11 heteroatoms. The minimum absolute atomic E-state index is 0.103. The van der Waals surface area contributed by atoms with Crippen LogP contribution in [0.2, 0.25) is 10.0 Å². The molecule has 2 heterocycles. The Labute approximate surface area is 171 Å². The third-order valence-electron chi connectivity index (χ3n) is 4.05. The molecule has 9 nitrogen and oxygen atoms in total. The zero-order chi connectivity index (χ0) is 20.7. The third kappa shape index (κ3) is 3.53. The zero-order valence-electron chi connectivity index (χ0n) is 14.7. The van der Waals surface area contributed by atoms with Crippen molar-refractivity contribution in [2.45, 2.75) is 0 Å². The van der Waals surface area contributed by atoms with Crippen LogP contribution in [0.1, 0.15) is 0 Å². The topological polar surface area (TPSA) is 112 Å². The average molecular weight is 432 g/mol. The Hall–Kier alpha value is -3.43. The molecule has 29 heavy (non-hydrogen) atoms. The summed E-state index contributed by atoms with van der Waals surface area (Å²) < 4.78 is 8.07. The summed E-state index contributed by atoms with van der Waals surface area (Å²) in [5.74, 6) is 0.466. The Morgan fingerprint density at radius 3 is 2.48 bits per heavy atom. The van der Waals surface area contributed by atoms with Crippen molar-refractivity contribution in [1.82, 2.24) is 24.3 Å². The van der Waals surface area contributed by atoms with Crippen molar-refractivity contribution < 1.29 is 4.74 Å². The molecule has 0 radical (unpaired) electrons. The van der Waals surface area contributed by atoms with Gasteiger partial charge in [0.1, 0.15) is 11.9 Å². The largest absolute Gasteiger partial charge is 0.454 e. The quantitative estimate of drug-likeness (QED) is 0.532. The van der Waals surface area contributed by atoms with E-state index >= 15 is 0 Å². The van der Waals surface area contributed by atoms with E-state index in [9.17, 15) is 14.4 Å². The molecule has 2 aromatic heterocycles. The van der Waals surface area contributed by atoms with E-state index in [0.29, 0.717) is 16.7 Å². The van der Waals surface area contributed by atoms with Gasteiger partial charge in [-0.2, -0.15) is 9.78 Å². The molecule has 4 rings (SSSR count). The molecule has 0 spiro atoms. The van der Waals surface area contributed by atoms with Gasteiger partial charge in [0, 0.05) is 7.05 Å². The van der Waals surface area contributed by atoms with Crippen LogP contribution in [0.3, 0.4) is 0 Å². The molecule has 0 unspecified atom stereocenters. The lowest BCUT2D eigenvalue weighted by atomic mass is 10.2. The summed E-state index contributed by atoms with van der Waals surface area (Å²) in [6.45, 7) is 0. The molecule has 4 aromatic rings. The summed E-state index contributed by atoms with van der Waals surface area (Å²) in [4.78, 5) is 41.6. The van der Waals surface area contributed by atoms with E-state index in [1.54, 1.807) is 25.2 Å². The highest BCUT2D eigenvalue weighted by molar-refractivity contribution is 6.37. The maximum atomic E-state index is 12.3. The average Bonchev–Trinajstić information content (AvgIpc) is 2.68. The number of aryl methyl sites for hydroxylation is 1. The fourth-order valence-corrected chi connectivity index (χ4v) is 3.23. The van der Waals surface area contributed by atoms with E-state index < -0.39 is 11.2 Å². The van der Waals surface area contributed by atoms with Gasteiger partial charge in [0.2, 0.25) is 0 Å². The lowest BCUT2D eigenvalue weighted by molar-refractivity contribution is 0.483. The van der Waals surface area contributed by atoms with Crippen LogP contribution in [-0.2, 0) is 7.05 Å². The number of aromatic amines is 1. The minimum atomic E-state index is -0.740. The van der Waals surface area contributed by atoms with Gasteiger partial charge in [0.05, 0.1) is 33.0 Å². The molecular formula is C18H11Cl2N5O4. The Morgan fingerprint density at radius 2 is 1.79 bits per heavy atom. The van der Waals surface area contributed by atoms with Crippen molar-refractivity contribution in [3.63, 3.8) is 0 Å². The third-order valence-corrected chi connectivity index (χ3v) is 4.61. The smallest absolute Gasteiger partial charge is 0.349 e. The van der Waals surface area contributed by atoms with Gasteiger partial charge >= 0.3 is 5.69 Å². The number of hydrogen-bond donors (Lipinski definition) is 1. The van der Waals surface area contributed by atoms with Gasteiger partial charge in [0.15, 0.2) is 5.75 Å². The molecule has 0 bridgehead atoms. The van der Waals surface area contributed by atoms with E-state index in [4.69, 9.17) is 27.9 Å². The van der Waals surface area contributed by atoms with Crippen LogP contribution < -0.4 is 21.5 Å². The lowest BCUT2D eigenvalue weighted by Gasteiger charge is -2.12. The van der Waals surface area contributed by atoms with Crippen molar-refractivity contribution in [2.75, 3.05) is 0 Å². The Morgan fingerprint density at radius 1 is 1.07 bits per heavy atom. The highest BCUT2D eigenvalue weighted by atomic mass is 35.5. The first-order valence-electron chi connectivity index (χ1n) is 8.15. The molecule has 2 aromatic carbocycles. The van der Waals surface area contributed by atoms with E-state index in [2.05, 4.69) is 15.1 Å². The second-order valence-electron chi connectivity index (χ2n) is 6.03. The van der Waals surface area contributed by atoms with Crippen LogP contribution >= 0.6 is 23.2 Å². The van der Waals surface area contributed by atoms with Crippen molar-refractivity contribution in [3.05, 3.63) is 84.1 Å². The summed E-state index contributed by atoms with van der Waals surface area (Å²) in [6.07, 6.45) is 2.39. The standard InChI is InChI=1S/C18H11Cl2N5O4/c1-24-8-21-14-3-2-10(6-11(14)17(24)27)29-16-12(19)4-9(5-13(16)20)25-18(28)23-15(26)7-22-25/h2-8H,1H3,(H,23,26,28). The molecular weight excluding hydrogens is 421 g/mol. The molecule has 0 aliphatic heterocycles. The second kappa shape index (κ2) is 7.19. The summed E-state index contributed by atoms with van der Waals surface area (Å²) in [6, 6.07) is 7.64. The van der Waals surface area contributed by atoms with Crippen LogP contribution in [0.5, 0.6) is 11.5 Å². The van der Waals surface area contributed by atoms with Gasteiger partial charge in [-0.1, -0.05) is 23.2 Å². The van der Waals surface area contributed by atoms with E-state index in [1.807, 2.05) is 0 Å². The lowest BCUT2D eigenvalue weighted by Crippen LogP contribution is -2.30. The number of nitrogens with one attached hydrogen (secondary N) is 1. The summed E-state index contributed by atoms with van der Waals surface area (Å²) in [5, 5.41) is 4.34. The first-order chi connectivity index (χ1) is 13.8. The molecule has 146 valence electrons. The van der Waals surface area contributed by atoms with Crippen molar-refractivity contribution in [3.8, 4) is 17.2 Å². The molecule has 0 aliphatic carbocycles. The van der Waals surface area contributed by atoms with Crippen molar-refractivity contribution in [2.24, 2.45) is 7.05 Å². The number of nitrogens with zero attached hydrogens (tertiary/aromatic N) is 4. The number of ether oxygens (including phenoxy) is 1. The Bertz CT molecular complexity index is 1420. The fraction of sp³-hybridized carbons (Fsp3) is 0.0556. The number of rotatable bonds is 3. The molecule has 0 aliphatic rings. The van der Waals surface area contributed by atoms with Gasteiger partial charge in [-0.05, 0) is 30.3 Å². The molecule has 0 amide bonds. The molecule has 0 saturated carbocycles.